The number of amides is 1. The average molecular weight is 369 g/mol. The van der Waals surface area contributed by atoms with Crippen LogP contribution in [0.25, 0.3) is 6.08 Å². The lowest BCUT2D eigenvalue weighted by molar-refractivity contribution is -0.148. The van der Waals surface area contributed by atoms with Gasteiger partial charge in [-0.25, -0.2) is 4.79 Å². The summed E-state index contributed by atoms with van der Waals surface area (Å²) in [6, 6.07) is 12.6. The number of anilines is 1. The second-order valence-electron chi connectivity index (χ2n) is 5.88. The van der Waals surface area contributed by atoms with Crippen molar-refractivity contribution in [3.05, 3.63) is 59.7 Å². The summed E-state index contributed by atoms with van der Waals surface area (Å²) in [6.07, 6.45) is 1.86. The molecule has 6 heteroatoms. The third-order valence-electron chi connectivity index (χ3n) is 3.82. The first-order chi connectivity index (χ1) is 12.9. The Morgan fingerprint density at radius 3 is 2.37 bits per heavy atom. The van der Waals surface area contributed by atoms with Gasteiger partial charge >= 0.3 is 5.97 Å². The van der Waals surface area contributed by atoms with Crippen LogP contribution in [-0.2, 0) is 14.3 Å². The molecule has 0 spiro atoms. The van der Waals surface area contributed by atoms with Gasteiger partial charge in [-0.1, -0.05) is 17.7 Å². The Kier molecular flexibility index (Phi) is 7.00. The van der Waals surface area contributed by atoms with E-state index in [-0.39, 0.29) is 0 Å². The number of hydrogen-bond donors (Lipinski definition) is 1. The smallest absolute Gasteiger partial charge is 0.331 e. The van der Waals surface area contributed by atoms with Gasteiger partial charge in [-0.15, -0.1) is 0 Å². The topological polar surface area (TPSA) is 73.9 Å². The van der Waals surface area contributed by atoms with Crippen molar-refractivity contribution >= 4 is 23.6 Å². The molecule has 2 aromatic carbocycles. The zero-order chi connectivity index (χ0) is 19.8. The van der Waals surface area contributed by atoms with Crippen molar-refractivity contribution in [3.8, 4) is 11.5 Å². The van der Waals surface area contributed by atoms with E-state index in [2.05, 4.69) is 5.32 Å². The van der Waals surface area contributed by atoms with Crippen LogP contribution in [0, 0.1) is 6.92 Å². The molecule has 142 valence electrons. The minimum absolute atomic E-state index is 0.403. The van der Waals surface area contributed by atoms with Gasteiger partial charge in [-0.3, -0.25) is 4.79 Å². The van der Waals surface area contributed by atoms with Gasteiger partial charge in [0, 0.05) is 17.3 Å². The molecule has 2 aromatic rings. The fourth-order valence-electron chi connectivity index (χ4n) is 2.28. The Morgan fingerprint density at radius 2 is 1.74 bits per heavy atom. The molecule has 0 aromatic heterocycles. The van der Waals surface area contributed by atoms with Crippen molar-refractivity contribution in [1.29, 1.82) is 0 Å². The van der Waals surface area contributed by atoms with E-state index in [0.29, 0.717) is 22.7 Å². The molecule has 0 saturated carbocycles. The van der Waals surface area contributed by atoms with Gasteiger partial charge in [0.25, 0.3) is 5.91 Å². The summed E-state index contributed by atoms with van der Waals surface area (Å²) in [5, 5.41) is 2.70. The molecular weight excluding hydrogens is 346 g/mol. The van der Waals surface area contributed by atoms with E-state index < -0.39 is 18.0 Å². The van der Waals surface area contributed by atoms with Crippen LogP contribution in [0.1, 0.15) is 18.1 Å². The van der Waals surface area contributed by atoms with E-state index in [0.717, 1.165) is 5.56 Å². The third-order valence-corrected chi connectivity index (χ3v) is 3.82. The highest BCUT2D eigenvalue weighted by Crippen LogP contribution is 2.25. The Balaban J connectivity index is 1.97. The molecule has 0 bridgehead atoms. The number of ether oxygens (including phenoxy) is 3. The molecule has 0 heterocycles. The standard InChI is InChI=1S/C21H23NO5/c1-14-5-8-17(9-6-14)22-21(24)15(2)27-20(23)12-7-16-13-18(25-3)10-11-19(16)26-4/h5-13,15H,1-4H3,(H,22,24)/b12-7+/t15-/m0/s1. The van der Waals surface area contributed by atoms with E-state index in [9.17, 15) is 9.59 Å². The van der Waals surface area contributed by atoms with E-state index in [1.807, 2.05) is 19.1 Å². The normalized spacial score (nSPS) is 11.7. The monoisotopic (exact) mass is 369 g/mol. The van der Waals surface area contributed by atoms with Crippen LogP contribution >= 0.6 is 0 Å². The fraction of sp³-hybridized carbons (Fsp3) is 0.238. The molecular formula is C21H23NO5. The van der Waals surface area contributed by atoms with Crippen molar-refractivity contribution in [2.24, 2.45) is 0 Å². The molecule has 0 aliphatic rings. The summed E-state index contributed by atoms with van der Waals surface area (Å²) in [7, 11) is 3.09. The van der Waals surface area contributed by atoms with Crippen LogP contribution in [0.3, 0.4) is 0 Å². The first-order valence-corrected chi connectivity index (χ1v) is 8.41. The van der Waals surface area contributed by atoms with Gasteiger partial charge in [-0.05, 0) is 50.3 Å². The zero-order valence-corrected chi connectivity index (χ0v) is 15.8. The quantitative estimate of drug-likeness (QED) is 0.596. The molecule has 0 saturated heterocycles. The lowest BCUT2D eigenvalue weighted by Gasteiger charge is -2.12. The molecule has 2 rings (SSSR count). The van der Waals surface area contributed by atoms with Gasteiger partial charge in [0.05, 0.1) is 14.2 Å². The van der Waals surface area contributed by atoms with Gasteiger partial charge in [0.2, 0.25) is 0 Å². The Hall–Kier alpha value is -3.28. The van der Waals surface area contributed by atoms with Crippen molar-refractivity contribution in [2.75, 3.05) is 19.5 Å². The summed E-state index contributed by atoms with van der Waals surface area (Å²) in [6.45, 7) is 3.47. The molecule has 0 radical (unpaired) electrons. The molecule has 1 amide bonds. The number of nitrogens with one attached hydrogen (secondary N) is 1. The van der Waals surface area contributed by atoms with Gasteiger partial charge in [0.1, 0.15) is 11.5 Å². The number of methoxy groups -OCH3 is 2. The van der Waals surface area contributed by atoms with E-state index in [4.69, 9.17) is 14.2 Å². The SMILES string of the molecule is COc1ccc(OC)c(/C=C/C(=O)O[C@@H](C)C(=O)Nc2ccc(C)cc2)c1. The van der Waals surface area contributed by atoms with Gasteiger partial charge in [-0.2, -0.15) is 0 Å². The maximum atomic E-state index is 12.1. The van der Waals surface area contributed by atoms with E-state index in [1.165, 1.54) is 20.1 Å². The van der Waals surface area contributed by atoms with Crippen LogP contribution in [0.4, 0.5) is 5.69 Å². The van der Waals surface area contributed by atoms with Crippen molar-refractivity contribution in [2.45, 2.75) is 20.0 Å². The Morgan fingerprint density at radius 1 is 1.04 bits per heavy atom. The molecule has 1 N–H and O–H groups in total. The minimum Gasteiger partial charge on any atom is -0.497 e. The first-order valence-electron chi connectivity index (χ1n) is 8.41. The molecule has 1 atom stereocenters. The number of hydrogen-bond acceptors (Lipinski definition) is 5. The lowest BCUT2D eigenvalue weighted by Crippen LogP contribution is -2.29. The van der Waals surface area contributed by atoms with Crippen molar-refractivity contribution in [3.63, 3.8) is 0 Å². The highest BCUT2D eigenvalue weighted by molar-refractivity contribution is 5.96. The number of esters is 1. The van der Waals surface area contributed by atoms with Gasteiger partial charge < -0.3 is 19.5 Å². The Bertz CT molecular complexity index is 827. The summed E-state index contributed by atoms with van der Waals surface area (Å²) in [5.41, 5.74) is 2.39. The van der Waals surface area contributed by atoms with Crippen molar-refractivity contribution < 1.29 is 23.8 Å². The summed E-state index contributed by atoms with van der Waals surface area (Å²) in [4.78, 5) is 24.2. The highest BCUT2D eigenvalue weighted by Gasteiger charge is 2.16. The van der Waals surface area contributed by atoms with E-state index >= 15 is 0 Å². The summed E-state index contributed by atoms with van der Waals surface area (Å²) < 4.78 is 15.6. The summed E-state index contributed by atoms with van der Waals surface area (Å²) in [5.74, 6) is 0.186. The minimum atomic E-state index is -0.935. The number of carbonyl (C=O) groups excluding carboxylic acids is 2. The number of carbonyl (C=O) groups is 2. The fourth-order valence-corrected chi connectivity index (χ4v) is 2.28. The molecule has 0 aliphatic heterocycles. The second kappa shape index (κ2) is 9.43. The van der Waals surface area contributed by atoms with Crippen LogP contribution < -0.4 is 14.8 Å². The van der Waals surface area contributed by atoms with Crippen molar-refractivity contribution in [1.82, 2.24) is 0 Å². The third kappa shape index (κ3) is 5.88. The second-order valence-corrected chi connectivity index (χ2v) is 5.88. The maximum Gasteiger partial charge on any atom is 0.331 e. The molecule has 27 heavy (non-hydrogen) atoms. The first kappa shape index (κ1) is 20.0. The Labute approximate surface area is 158 Å². The zero-order valence-electron chi connectivity index (χ0n) is 15.8. The number of aryl methyl sites for hydroxylation is 1. The van der Waals surface area contributed by atoms with Crippen LogP contribution in [0.15, 0.2) is 48.5 Å². The van der Waals surface area contributed by atoms with Crippen LogP contribution in [0.2, 0.25) is 0 Å². The largest absolute Gasteiger partial charge is 0.497 e. The lowest BCUT2D eigenvalue weighted by atomic mass is 10.1. The van der Waals surface area contributed by atoms with Crippen LogP contribution in [0.5, 0.6) is 11.5 Å². The molecule has 0 aliphatic carbocycles. The number of rotatable bonds is 7. The summed E-state index contributed by atoms with van der Waals surface area (Å²) >= 11 is 0. The molecule has 0 fully saturated rings. The predicted molar refractivity (Wildman–Crippen MR) is 104 cm³/mol. The molecule has 0 unspecified atom stereocenters. The average Bonchev–Trinajstić information content (AvgIpc) is 2.67. The van der Waals surface area contributed by atoms with E-state index in [1.54, 1.807) is 43.5 Å². The number of benzene rings is 2. The highest BCUT2D eigenvalue weighted by atomic mass is 16.5. The van der Waals surface area contributed by atoms with Crippen LogP contribution in [-0.4, -0.2) is 32.2 Å². The molecule has 6 nitrogen and oxygen atoms in total. The maximum absolute atomic E-state index is 12.1. The predicted octanol–water partition coefficient (Wildman–Crippen LogP) is 3.60. The van der Waals surface area contributed by atoms with Gasteiger partial charge in [0.15, 0.2) is 6.10 Å².